The summed E-state index contributed by atoms with van der Waals surface area (Å²) in [6, 6.07) is 0. The normalized spacial score (nSPS) is 18.2. The van der Waals surface area contributed by atoms with Gasteiger partial charge in [-0.25, -0.2) is 4.98 Å². The summed E-state index contributed by atoms with van der Waals surface area (Å²) in [5.74, 6) is -0.107. The minimum absolute atomic E-state index is 0.142. The summed E-state index contributed by atoms with van der Waals surface area (Å²) < 4.78 is 0. The second kappa shape index (κ2) is 4.47. The lowest BCUT2D eigenvalue weighted by Crippen LogP contribution is -2.37. The molecule has 0 spiro atoms. The molecule has 1 heterocycles. The fourth-order valence-electron chi connectivity index (χ4n) is 2.32. The number of hydrogen-bond donors (Lipinski definition) is 2. The molecule has 0 saturated heterocycles. The van der Waals surface area contributed by atoms with E-state index in [1.807, 2.05) is 0 Å². The molecule has 0 amide bonds. The monoisotopic (exact) mass is 221 g/mol. The van der Waals surface area contributed by atoms with Crippen LogP contribution in [0.25, 0.3) is 0 Å². The van der Waals surface area contributed by atoms with Crippen LogP contribution < -0.4 is 5.32 Å². The summed E-state index contributed by atoms with van der Waals surface area (Å²) in [7, 11) is 0. The van der Waals surface area contributed by atoms with Gasteiger partial charge in [0.1, 0.15) is 5.82 Å². The van der Waals surface area contributed by atoms with Gasteiger partial charge in [0.15, 0.2) is 0 Å². The zero-order chi connectivity index (χ0) is 11.4. The van der Waals surface area contributed by atoms with Crippen LogP contribution in [0.2, 0.25) is 0 Å². The van der Waals surface area contributed by atoms with Gasteiger partial charge in [-0.3, -0.25) is 9.78 Å². The van der Waals surface area contributed by atoms with Crippen LogP contribution in [0.15, 0.2) is 18.6 Å². The number of rotatable bonds is 4. The van der Waals surface area contributed by atoms with E-state index >= 15 is 0 Å². The highest BCUT2D eigenvalue weighted by Crippen LogP contribution is 2.35. The van der Waals surface area contributed by atoms with E-state index in [4.69, 9.17) is 5.11 Å². The third-order valence-electron chi connectivity index (χ3n) is 3.01. The number of nitrogens with one attached hydrogen (secondary N) is 1. The molecule has 1 aliphatic rings. The van der Waals surface area contributed by atoms with Crippen molar-refractivity contribution in [3.05, 3.63) is 18.6 Å². The van der Waals surface area contributed by atoms with E-state index in [2.05, 4.69) is 15.3 Å². The highest BCUT2D eigenvalue weighted by molar-refractivity contribution is 5.69. The summed E-state index contributed by atoms with van der Waals surface area (Å²) in [6.07, 6.45) is 8.88. The number of carboxylic acid groups (broad SMARTS) is 1. The van der Waals surface area contributed by atoms with Crippen molar-refractivity contribution in [1.29, 1.82) is 0 Å². The van der Waals surface area contributed by atoms with Crippen LogP contribution in [0.3, 0.4) is 0 Å². The van der Waals surface area contributed by atoms with Crippen LogP contribution in [0.5, 0.6) is 0 Å². The molecular weight excluding hydrogens is 206 g/mol. The Balaban J connectivity index is 2.11. The molecule has 0 aromatic carbocycles. The van der Waals surface area contributed by atoms with Crippen LogP contribution in [-0.2, 0) is 4.79 Å². The Hall–Kier alpha value is -1.65. The quantitative estimate of drug-likeness (QED) is 0.809. The SMILES string of the molecule is O=C(O)CC1(Nc2cnccn2)CCCC1. The van der Waals surface area contributed by atoms with E-state index in [9.17, 15) is 4.79 Å². The van der Waals surface area contributed by atoms with E-state index in [1.165, 1.54) is 0 Å². The third-order valence-corrected chi connectivity index (χ3v) is 3.01. The van der Waals surface area contributed by atoms with Crippen molar-refractivity contribution in [3.63, 3.8) is 0 Å². The minimum atomic E-state index is -0.765. The molecule has 5 nitrogen and oxygen atoms in total. The van der Waals surface area contributed by atoms with Gasteiger partial charge in [0.05, 0.1) is 12.6 Å². The van der Waals surface area contributed by atoms with E-state index < -0.39 is 5.97 Å². The van der Waals surface area contributed by atoms with Gasteiger partial charge in [0.2, 0.25) is 0 Å². The van der Waals surface area contributed by atoms with Crippen molar-refractivity contribution in [2.45, 2.75) is 37.6 Å². The predicted octanol–water partition coefficient (Wildman–Crippen LogP) is 1.68. The Morgan fingerprint density at radius 1 is 1.44 bits per heavy atom. The molecule has 0 unspecified atom stereocenters. The minimum Gasteiger partial charge on any atom is -0.481 e. The van der Waals surface area contributed by atoms with Crippen LogP contribution in [0.1, 0.15) is 32.1 Å². The first-order chi connectivity index (χ1) is 7.70. The summed E-state index contributed by atoms with van der Waals surface area (Å²) in [6.45, 7) is 0. The highest BCUT2D eigenvalue weighted by Gasteiger charge is 2.36. The van der Waals surface area contributed by atoms with Crippen molar-refractivity contribution in [2.24, 2.45) is 0 Å². The predicted molar refractivity (Wildman–Crippen MR) is 59.1 cm³/mol. The van der Waals surface area contributed by atoms with Gasteiger partial charge in [-0.05, 0) is 12.8 Å². The Morgan fingerprint density at radius 2 is 2.19 bits per heavy atom. The zero-order valence-electron chi connectivity index (χ0n) is 9.02. The summed E-state index contributed by atoms with van der Waals surface area (Å²) in [5.41, 5.74) is -0.331. The first-order valence-corrected chi connectivity index (χ1v) is 5.46. The Kier molecular flexibility index (Phi) is 3.03. The highest BCUT2D eigenvalue weighted by atomic mass is 16.4. The largest absolute Gasteiger partial charge is 0.481 e. The lowest BCUT2D eigenvalue weighted by atomic mass is 9.93. The summed E-state index contributed by atoms with van der Waals surface area (Å²) >= 11 is 0. The smallest absolute Gasteiger partial charge is 0.305 e. The Labute approximate surface area is 93.9 Å². The number of aromatic nitrogens is 2. The lowest BCUT2D eigenvalue weighted by Gasteiger charge is -2.28. The number of anilines is 1. The van der Waals surface area contributed by atoms with Gasteiger partial charge in [-0.2, -0.15) is 0 Å². The zero-order valence-corrected chi connectivity index (χ0v) is 9.02. The number of carbonyl (C=O) groups is 1. The van der Waals surface area contributed by atoms with Crippen molar-refractivity contribution < 1.29 is 9.90 Å². The van der Waals surface area contributed by atoms with Gasteiger partial charge >= 0.3 is 5.97 Å². The van der Waals surface area contributed by atoms with Crippen LogP contribution >= 0.6 is 0 Å². The molecule has 0 aliphatic heterocycles. The number of aliphatic carboxylic acids is 1. The molecule has 0 bridgehead atoms. The molecule has 2 N–H and O–H groups in total. The van der Waals surface area contributed by atoms with Crippen molar-refractivity contribution >= 4 is 11.8 Å². The van der Waals surface area contributed by atoms with Crippen LogP contribution in [-0.4, -0.2) is 26.6 Å². The maximum absolute atomic E-state index is 10.9. The molecule has 2 rings (SSSR count). The van der Waals surface area contributed by atoms with Crippen molar-refractivity contribution in [1.82, 2.24) is 9.97 Å². The topological polar surface area (TPSA) is 75.1 Å². The van der Waals surface area contributed by atoms with E-state index in [1.54, 1.807) is 18.6 Å². The maximum Gasteiger partial charge on any atom is 0.305 e. The molecular formula is C11H15N3O2. The van der Waals surface area contributed by atoms with E-state index in [0.717, 1.165) is 25.7 Å². The lowest BCUT2D eigenvalue weighted by molar-refractivity contribution is -0.138. The van der Waals surface area contributed by atoms with Crippen molar-refractivity contribution in [2.75, 3.05) is 5.32 Å². The maximum atomic E-state index is 10.9. The first-order valence-electron chi connectivity index (χ1n) is 5.46. The Morgan fingerprint density at radius 3 is 2.75 bits per heavy atom. The molecule has 16 heavy (non-hydrogen) atoms. The molecule has 0 radical (unpaired) electrons. The average molecular weight is 221 g/mol. The fourth-order valence-corrected chi connectivity index (χ4v) is 2.32. The van der Waals surface area contributed by atoms with Crippen molar-refractivity contribution in [3.8, 4) is 0 Å². The molecule has 86 valence electrons. The molecule has 1 aromatic heterocycles. The van der Waals surface area contributed by atoms with Gasteiger partial charge < -0.3 is 10.4 Å². The molecule has 1 aliphatic carbocycles. The standard InChI is InChI=1S/C11H15N3O2/c15-10(16)7-11(3-1-2-4-11)14-9-8-12-5-6-13-9/h5-6,8H,1-4,7H2,(H,13,14)(H,15,16). The van der Waals surface area contributed by atoms with Crippen LogP contribution in [0.4, 0.5) is 5.82 Å². The second-order valence-electron chi connectivity index (χ2n) is 4.27. The van der Waals surface area contributed by atoms with Gasteiger partial charge in [-0.15, -0.1) is 0 Å². The first kappa shape index (κ1) is 10.9. The molecule has 0 atom stereocenters. The average Bonchev–Trinajstić information content (AvgIpc) is 2.66. The van der Waals surface area contributed by atoms with Gasteiger partial charge in [-0.1, -0.05) is 12.8 Å². The van der Waals surface area contributed by atoms with E-state index in [-0.39, 0.29) is 12.0 Å². The van der Waals surface area contributed by atoms with Gasteiger partial charge in [0.25, 0.3) is 0 Å². The Bertz CT molecular complexity index is 361. The summed E-state index contributed by atoms with van der Waals surface area (Å²) in [5, 5.41) is 12.2. The van der Waals surface area contributed by atoms with E-state index in [0.29, 0.717) is 5.82 Å². The number of carboxylic acids is 1. The molecule has 5 heteroatoms. The number of hydrogen-bond acceptors (Lipinski definition) is 4. The summed E-state index contributed by atoms with van der Waals surface area (Å²) in [4.78, 5) is 19.0. The molecule has 1 aromatic rings. The second-order valence-corrected chi connectivity index (χ2v) is 4.27. The number of nitrogens with zero attached hydrogens (tertiary/aromatic N) is 2. The van der Waals surface area contributed by atoms with Crippen LogP contribution in [0, 0.1) is 0 Å². The molecule has 1 saturated carbocycles. The third kappa shape index (κ3) is 2.48. The van der Waals surface area contributed by atoms with Gasteiger partial charge in [0, 0.05) is 17.9 Å². The fraction of sp³-hybridized carbons (Fsp3) is 0.545. The molecule has 1 fully saturated rings.